The molecule has 2 aromatic carbocycles. The second-order valence-corrected chi connectivity index (χ2v) is 9.31. The lowest BCUT2D eigenvalue weighted by atomic mass is 10.0. The van der Waals surface area contributed by atoms with Gasteiger partial charge < -0.3 is 19.5 Å². The van der Waals surface area contributed by atoms with E-state index in [2.05, 4.69) is 14.9 Å². The van der Waals surface area contributed by atoms with Crippen LogP contribution in [-0.4, -0.2) is 65.9 Å². The zero-order valence-electron chi connectivity index (χ0n) is 18.9. The molecule has 2 aromatic rings. The Balaban J connectivity index is 0.00000385. The molecule has 1 amide bonds. The Bertz CT molecular complexity index is 1050. The van der Waals surface area contributed by atoms with Gasteiger partial charge in [-0.3, -0.25) is 14.4 Å². The van der Waals surface area contributed by atoms with Crippen LogP contribution in [-0.2, 0) is 21.2 Å². The zero-order chi connectivity index (χ0) is 23.1. The topological polar surface area (TPSA) is 106 Å². The van der Waals surface area contributed by atoms with Gasteiger partial charge in [0, 0.05) is 30.8 Å². The fourth-order valence-corrected chi connectivity index (χ4v) is 3.88. The van der Waals surface area contributed by atoms with Gasteiger partial charge in [0.15, 0.2) is 0 Å². The monoisotopic (exact) mass is 499 g/mol. The first-order valence-corrected chi connectivity index (χ1v) is 12.2. The number of anilines is 2. The van der Waals surface area contributed by atoms with Crippen molar-refractivity contribution in [2.24, 2.45) is 0 Å². The molecule has 1 aliphatic heterocycles. The summed E-state index contributed by atoms with van der Waals surface area (Å²) in [6.07, 6.45) is 2.16. The minimum absolute atomic E-state index is 0. The lowest BCUT2D eigenvalue weighted by molar-refractivity contribution is -0.116. The molecule has 0 aromatic heterocycles. The number of nitrogens with zero attached hydrogens (tertiary/aromatic N) is 1. The van der Waals surface area contributed by atoms with E-state index < -0.39 is 10.0 Å². The zero-order valence-corrected chi connectivity index (χ0v) is 20.6. The number of sulfonamides is 1. The van der Waals surface area contributed by atoms with Gasteiger partial charge >= 0.3 is 0 Å². The minimum Gasteiger partial charge on any atom is -0.495 e. The van der Waals surface area contributed by atoms with Crippen LogP contribution in [0.3, 0.4) is 0 Å². The van der Waals surface area contributed by atoms with Crippen molar-refractivity contribution in [3.05, 3.63) is 42.0 Å². The third kappa shape index (κ3) is 7.99. The van der Waals surface area contributed by atoms with Crippen LogP contribution in [0.1, 0.15) is 12.0 Å². The summed E-state index contributed by atoms with van der Waals surface area (Å²) >= 11 is 0. The number of hydrogen-bond acceptors (Lipinski definition) is 7. The summed E-state index contributed by atoms with van der Waals surface area (Å²) < 4.78 is 41.9. The van der Waals surface area contributed by atoms with Crippen LogP contribution in [0.4, 0.5) is 11.4 Å². The van der Waals surface area contributed by atoms with Crippen molar-refractivity contribution in [2.75, 3.05) is 56.8 Å². The average Bonchev–Trinajstić information content (AvgIpc) is 2.74. The molecule has 0 atom stereocenters. The highest BCUT2D eigenvalue weighted by Gasteiger charge is 2.22. The molecule has 1 aliphatic rings. The number of fused-ring (bicyclic) bond motifs is 1. The number of carbonyl (C=O) groups is 1. The van der Waals surface area contributed by atoms with Crippen LogP contribution < -0.4 is 24.2 Å². The van der Waals surface area contributed by atoms with Gasteiger partial charge in [0.05, 0.1) is 19.1 Å². The maximum Gasteiger partial charge on any atom is 0.229 e. The molecule has 0 aliphatic carbocycles. The van der Waals surface area contributed by atoms with E-state index in [0.717, 1.165) is 17.6 Å². The van der Waals surface area contributed by atoms with Crippen LogP contribution in [0.2, 0.25) is 0 Å². The van der Waals surface area contributed by atoms with E-state index in [9.17, 15) is 13.2 Å². The molecule has 0 unspecified atom stereocenters. The fourth-order valence-electron chi connectivity index (χ4n) is 3.31. The maximum absolute atomic E-state index is 11.7. The first kappa shape index (κ1) is 26.6. The molecule has 11 heteroatoms. The van der Waals surface area contributed by atoms with E-state index in [-0.39, 0.29) is 18.3 Å². The molecule has 3 rings (SSSR count). The third-order valence-corrected chi connectivity index (χ3v) is 5.55. The van der Waals surface area contributed by atoms with Crippen LogP contribution in [0.5, 0.6) is 17.2 Å². The second-order valence-electron chi connectivity index (χ2n) is 7.57. The van der Waals surface area contributed by atoms with E-state index in [1.807, 2.05) is 13.1 Å². The van der Waals surface area contributed by atoms with Crippen LogP contribution in [0.25, 0.3) is 0 Å². The summed E-state index contributed by atoms with van der Waals surface area (Å²) in [5.41, 5.74) is 2.15. The molecule has 33 heavy (non-hydrogen) atoms. The molecule has 1 heterocycles. The molecule has 0 fully saturated rings. The highest BCUT2D eigenvalue weighted by molar-refractivity contribution is 7.92. The number of carbonyl (C=O) groups excluding carboxylic acids is 1. The molecule has 0 bridgehead atoms. The van der Waals surface area contributed by atoms with E-state index in [4.69, 9.17) is 14.2 Å². The summed E-state index contributed by atoms with van der Waals surface area (Å²) in [5, 5.41) is 2.87. The summed E-state index contributed by atoms with van der Waals surface area (Å²) in [4.78, 5) is 13.8. The van der Waals surface area contributed by atoms with Crippen LogP contribution in [0.15, 0.2) is 36.4 Å². The van der Waals surface area contributed by atoms with Gasteiger partial charge in [-0.15, -0.1) is 12.4 Å². The molecular weight excluding hydrogens is 470 g/mol. The highest BCUT2D eigenvalue weighted by atomic mass is 35.5. The fraction of sp³-hybridized carbons (Fsp3) is 0.409. The van der Waals surface area contributed by atoms with Gasteiger partial charge in [0.1, 0.15) is 30.5 Å². The number of hydrogen-bond donors (Lipinski definition) is 2. The number of amides is 1. The molecule has 0 radical (unpaired) electrons. The van der Waals surface area contributed by atoms with Crippen molar-refractivity contribution in [1.29, 1.82) is 0 Å². The molecular formula is C22H30ClN3O6S. The predicted molar refractivity (Wildman–Crippen MR) is 131 cm³/mol. The largest absolute Gasteiger partial charge is 0.495 e. The molecule has 0 saturated carbocycles. The molecule has 0 spiro atoms. The normalized spacial score (nSPS) is 12.9. The Morgan fingerprint density at radius 3 is 2.27 bits per heavy atom. The van der Waals surface area contributed by atoms with Gasteiger partial charge in [0.2, 0.25) is 15.9 Å². The summed E-state index contributed by atoms with van der Waals surface area (Å²) in [7, 11) is 0.267. The predicted octanol–water partition coefficient (Wildman–Crippen LogP) is 2.76. The Morgan fingerprint density at radius 1 is 1.00 bits per heavy atom. The van der Waals surface area contributed by atoms with Gasteiger partial charge in [-0.2, -0.15) is 0 Å². The van der Waals surface area contributed by atoms with Crippen molar-refractivity contribution in [1.82, 2.24) is 4.90 Å². The van der Waals surface area contributed by atoms with E-state index in [1.165, 1.54) is 0 Å². The average molecular weight is 500 g/mol. The molecule has 0 saturated heterocycles. The Labute approximate surface area is 200 Å². The summed E-state index contributed by atoms with van der Waals surface area (Å²) in [6, 6.07) is 10.4. The quantitative estimate of drug-likeness (QED) is 0.489. The lowest BCUT2D eigenvalue weighted by Gasteiger charge is -2.23. The summed E-state index contributed by atoms with van der Waals surface area (Å²) in [5.74, 6) is 2.04. The van der Waals surface area contributed by atoms with Crippen molar-refractivity contribution in [2.45, 2.75) is 12.8 Å². The van der Waals surface area contributed by atoms with Gasteiger partial charge in [-0.25, -0.2) is 8.42 Å². The van der Waals surface area contributed by atoms with Crippen molar-refractivity contribution >= 4 is 39.7 Å². The minimum atomic E-state index is -3.29. The van der Waals surface area contributed by atoms with E-state index >= 15 is 0 Å². The number of ether oxygens (including phenoxy) is 3. The van der Waals surface area contributed by atoms with Gasteiger partial charge in [-0.1, -0.05) is 0 Å². The van der Waals surface area contributed by atoms with Crippen molar-refractivity contribution in [3.8, 4) is 17.2 Å². The number of likely N-dealkylation sites (N-methyl/N-ethyl adjacent to an activating group) is 1. The van der Waals surface area contributed by atoms with Crippen molar-refractivity contribution in [3.63, 3.8) is 0 Å². The number of nitrogens with one attached hydrogen (secondary N) is 2. The van der Waals surface area contributed by atoms with E-state index in [1.54, 1.807) is 37.4 Å². The molecule has 2 N–H and O–H groups in total. The van der Waals surface area contributed by atoms with Gasteiger partial charge in [-0.05, 0) is 49.9 Å². The van der Waals surface area contributed by atoms with Crippen LogP contribution in [0, 0.1) is 0 Å². The molecule has 9 nitrogen and oxygen atoms in total. The standard InChI is InChI=1S/C22H29N3O6S.ClH/c1-25(12-14-30-17-6-4-16(5-7-17)24-32(3,27)28)13-15-31-19-9-10-20(29-2)22-18(19)8-11-21(26)23-22;/h4-7,9-10,24H,8,11-15H2,1-3H3,(H,23,26);1H. The first-order chi connectivity index (χ1) is 15.2. The third-order valence-electron chi connectivity index (χ3n) is 4.95. The highest BCUT2D eigenvalue weighted by Crippen LogP contribution is 2.38. The van der Waals surface area contributed by atoms with E-state index in [0.29, 0.717) is 62.0 Å². The van der Waals surface area contributed by atoms with Crippen molar-refractivity contribution < 1.29 is 27.4 Å². The first-order valence-electron chi connectivity index (χ1n) is 10.3. The SMILES string of the molecule is COc1ccc(OCCN(C)CCOc2ccc(NS(C)(=O)=O)cc2)c2c1NC(=O)CC2.Cl. The van der Waals surface area contributed by atoms with Crippen LogP contribution >= 0.6 is 12.4 Å². The lowest BCUT2D eigenvalue weighted by Crippen LogP contribution is -2.29. The number of halogens is 1. The number of rotatable bonds is 11. The second kappa shape index (κ2) is 12.0. The Kier molecular flexibility index (Phi) is 9.63. The molecule has 182 valence electrons. The summed E-state index contributed by atoms with van der Waals surface area (Å²) in [6.45, 7) is 2.38. The Hall–Kier alpha value is -2.69. The number of methoxy groups -OCH3 is 1. The Morgan fingerprint density at radius 2 is 1.64 bits per heavy atom. The maximum atomic E-state index is 11.7. The number of benzene rings is 2. The smallest absolute Gasteiger partial charge is 0.229 e. The van der Waals surface area contributed by atoms with Gasteiger partial charge in [0.25, 0.3) is 0 Å².